The molecule has 8 heteroatoms. The van der Waals surface area contributed by atoms with Crippen LogP contribution in [-0.2, 0) is 19.5 Å². The van der Waals surface area contributed by atoms with E-state index in [4.69, 9.17) is 10.5 Å². The van der Waals surface area contributed by atoms with Crippen molar-refractivity contribution in [1.29, 1.82) is 0 Å². The molecule has 1 aromatic carbocycles. The van der Waals surface area contributed by atoms with E-state index in [1.165, 1.54) is 23.9 Å². The Morgan fingerprint density at radius 2 is 2.12 bits per heavy atom. The van der Waals surface area contributed by atoms with Crippen LogP contribution in [0.4, 0.5) is 4.39 Å². The largest absolute Gasteiger partial charge is 0.494 e. The molecule has 0 spiro atoms. The van der Waals surface area contributed by atoms with Crippen molar-refractivity contribution in [3.8, 4) is 17.0 Å². The smallest absolute Gasteiger partial charge is 0.270 e. The maximum Gasteiger partial charge on any atom is 0.270 e. The van der Waals surface area contributed by atoms with E-state index < -0.39 is 5.82 Å². The van der Waals surface area contributed by atoms with Crippen LogP contribution in [0.2, 0.25) is 0 Å². The highest BCUT2D eigenvalue weighted by Gasteiger charge is 2.25. The van der Waals surface area contributed by atoms with E-state index in [2.05, 4.69) is 5.10 Å². The van der Waals surface area contributed by atoms with Crippen molar-refractivity contribution in [1.82, 2.24) is 9.78 Å². The monoisotopic (exact) mass is 383 g/mol. The normalized spacial score (nSPS) is 13.4. The molecule has 0 saturated heterocycles. The average molecular weight is 384 g/mol. The molecule has 0 atom stereocenters. The summed E-state index contributed by atoms with van der Waals surface area (Å²) in [5.41, 5.74) is 7.65. The minimum Gasteiger partial charge on any atom is -0.494 e. The summed E-state index contributed by atoms with van der Waals surface area (Å²) in [5.74, 6) is 0.0877. The first-order valence-corrected chi connectivity index (χ1v) is 8.36. The van der Waals surface area contributed by atoms with Crippen LogP contribution >= 0.6 is 12.4 Å². The Labute approximate surface area is 157 Å². The van der Waals surface area contributed by atoms with Crippen LogP contribution in [0.3, 0.4) is 0 Å². The summed E-state index contributed by atoms with van der Waals surface area (Å²) in [6.07, 6.45) is 2.35. The lowest BCUT2D eigenvalue weighted by molar-refractivity contribution is 0.298. The van der Waals surface area contributed by atoms with Gasteiger partial charge in [0.2, 0.25) is 0 Å². The van der Waals surface area contributed by atoms with Crippen molar-refractivity contribution >= 4 is 12.4 Å². The quantitative estimate of drug-likeness (QED) is 0.761. The van der Waals surface area contributed by atoms with Gasteiger partial charge in [0.25, 0.3) is 5.56 Å². The van der Waals surface area contributed by atoms with Crippen molar-refractivity contribution in [2.75, 3.05) is 13.7 Å². The van der Waals surface area contributed by atoms with Crippen LogP contribution in [0.15, 0.2) is 23.0 Å². The molecular formula is C18H23ClFN3O3. The van der Waals surface area contributed by atoms with E-state index in [1.54, 1.807) is 6.07 Å². The zero-order valence-corrected chi connectivity index (χ0v) is 15.4. The molecule has 26 heavy (non-hydrogen) atoms. The van der Waals surface area contributed by atoms with Crippen molar-refractivity contribution < 1.29 is 14.2 Å². The number of rotatable bonds is 7. The standard InChI is InChI=1S/C18H22FN3O3.ClH/c1-25-16-5-4-12(8-15(16)19)17-14(9-20)13(6-7-23)18(24)22(21-17)10-11-2-3-11;/h4-5,8,11,23H,2-3,6-7,9-10,20H2,1H3;1H. The number of methoxy groups -OCH3 is 1. The van der Waals surface area contributed by atoms with Gasteiger partial charge in [-0.05, 0) is 37.0 Å². The summed E-state index contributed by atoms with van der Waals surface area (Å²) in [6, 6.07) is 4.54. The van der Waals surface area contributed by atoms with Gasteiger partial charge in [0, 0.05) is 42.8 Å². The number of nitrogens with two attached hydrogens (primary N) is 1. The second-order valence-corrected chi connectivity index (χ2v) is 6.26. The number of nitrogens with zero attached hydrogens (tertiary/aromatic N) is 2. The van der Waals surface area contributed by atoms with Crippen molar-refractivity contribution in [2.45, 2.75) is 32.4 Å². The number of halogens is 2. The van der Waals surface area contributed by atoms with Gasteiger partial charge in [0.05, 0.1) is 12.8 Å². The van der Waals surface area contributed by atoms with E-state index in [1.807, 2.05) is 0 Å². The predicted octanol–water partition coefficient (Wildman–Crippen LogP) is 1.88. The Hall–Kier alpha value is -1.96. The van der Waals surface area contributed by atoms with Crippen LogP contribution in [0.25, 0.3) is 11.3 Å². The topological polar surface area (TPSA) is 90.4 Å². The third kappa shape index (κ3) is 4.06. The Bertz CT molecular complexity index is 837. The van der Waals surface area contributed by atoms with Crippen LogP contribution in [-0.4, -0.2) is 28.6 Å². The summed E-state index contributed by atoms with van der Waals surface area (Å²) < 4.78 is 20.5. The highest BCUT2D eigenvalue weighted by molar-refractivity contribution is 5.85. The molecule has 1 aliphatic rings. The summed E-state index contributed by atoms with van der Waals surface area (Å²) in [5, 5.41) is 13.8. The second-order valence-electron chi connectivity index (χ2n) is 6.26. The van der Waals surface area contributed by atoms with Crippen molar-refractivity contribution in [3.05, 3.63) is 45.5 Å². The lowest BCUT2D eigenvalue weighted by Gasteiger charge is -2.16. The zero-order valence-electron chi connectivity index (χ0n) is 14.6. The van der Waals surface area contributed by atoms with Crippen molar-refractivity contribution in [3.63, 3.8) is 0 Å². The SMILES string of the molecule is COc1ccc(-c2nn(CC3CC3)c(=O)c(CCO)c2CN)cc1F.Cl. The molecule has 3 N–H and O–H groups in total. The number of aliphatic hydroxyl groups excluding tert-OH is 1. The lowest BCUT2D eigenvalue weighted by atomic mass is 10.00. The minimum absolute atomic E-state index is 0. The molecule has 6 nitrogen and oxygen atoms in total. The van der Waals surface area contributed by atoms with E-state index in [9.17, 15) is 14.3 Å². The molecule has 3 rings (SSSR count). The van der Waals surface area contributed by atoms with Crippen LogP contribution in [0.5, 0.6) is 5.75 Å². The van der Waals surface area contributed by atoms with Gasteiger partial charge in [0.1, 0.15) is 0 Å². The minimum atomic E-state index is -0.506. The Balaban J connectivity index is 0.00000243. The lowest BCUT2D eigenvalue weighted by Crippen LogP contribution is -2.31. The third-order valence-electron chi connectivity index (χ3n) is 4.48. The van der Waals surface area contributed by atoms with Gasteiger partial charge in [-0.25, -0.2) is 9.07 Å². The number of ether oxygens (including phenoxy) is 1. The maximum atomic E-state index is 14.1. The molecule has 1 heterocycles. The Kier molecular flexibility index (Phi) is 6.75. The predicted molar refractivity (Wildman–Crippen MR) is 99.1 cm³/mol. The van der Waals surface area contributed by atoms with Crippen LogP contribution < -0.4 is 16.0 Å². The van der Waals surface area contributed by atoms with E-state index >= 15 is 0 Å². The maximum absolute atomic E-state index is 14.1. The van der Waals surface area contributed by atoms with Crippen LogP contribution in [0.1, 0.15) is 24.0 Å². The molecule has 142 valence electrons. The molecule has 0 amide bonds. The molecule has 1 saturated carbocycles. The first kappa shape index (κ1) is 20.4. The molecule has 0 radical (unpaired) electrons. The fourth-order valence-corrected chi connectivity index (χ4v) is 2.96. The number of aromatic nitrogens is 2. The number of aliphatic hydroxyl groups is 1. The second kappa shape index (κ2) is 8.62. The van der Waals surface area contributed by atoms with Crippen LogP contribution in [0, 0.1) is 11.7 Å². The van der Waals surface area contributed by atoms with Gasteiger partial charge in [-0.2, -0.15) is 5.10 Å². The molecule has 0 bridgehead atoms. The van der Waals surface area contributed by atoms with Gasteiger partial charge in [-0.1, -0.05) is 0 Å². The molecule has 0 aliphatic heterocycles. The number of hydrogen-bond donors (Lipinski definition) is 2. The summed E-state index contributed by atoms with van der Waals surface area (Å²) in [7, 11) is 1.40. The average Bonchev–Trinajstić information content (AvgIpc) is 3.42. The highest BCUT2D eigenvalue weighted by atomic mass is 35.5. The Morgan fingerprint density at radius 3 is 2.65 bits per heavy atom. The fraction of sp³-hybridized carbons (Fsp3) is 0.444. The molecule has 1 aromatic heterocycles. The fourth-order valence-electron chi connectivity index (χ4n) is 2.96. The number of benzene rings is 1. The van der Waals surface area contributed by atoms with E-state index in [0.29, 0.717) is 34.8 Å². The number of hydrogen-bond acceptors (Lipinski definition) is 5. The van der Waals surface area contributed by atoms with E-state index in [0.717, 1.165) is 12.8 Å². The molecule has 0 unspecified atom stereocenters. The molecule has 1 aliphatic carbocycles. The van der Waals surface area contributed by atoms with Gasteiger partial charge in [-0.3, -0.25) is 4.79 Å². The molecule has 2 aromatic rings. The summed E-state index contributed by atoms with van der Waals surface area (Å²) in [4.78, 5) is 12.7. The first-order valence-electron chi connectivity index (χ1n) is 8.36. The van der Waals surface area contributed by atoms with E-state index in [-0.39, 0.29) is 43.3 Å². The third-order valence-corrected chi connectivity index (χ3v) is 4.48. The van der Waals surface area contributed by atoms with Gasteiger partial charge >= 0.3 is 0 Å². The van der Waals surface area contributed by atoms with Gasteiger partial charge in [0.15, 0.2) is 11.6 Å². The van der Waals surface area contributed by atoms with Gasteiger partial charge in [-0.15, -0.1) is 12.4 Å². The summed E-state index contributed by atoms with van der Waals surface area (Å²) in [6.45, 7) is 0.463. The highest BCUT2D eigenvalue weighted by Crippen LogP contribution is 2.31. The summed E-state index contributed by atoms with van der Waals surface area (Å²) >= 11 is 0. The molecular weight excluding hydrogens is 361 g/mol. The zero-order chi connectivity index (χ0) is 18.0. The molecule has 1 fully saturated rings. The Morgan fingerprint density at radius 1 is 1.38 bits per heavy atom. The van der Waals surface area contributed by atoms with Gasteiger partial charge < -0.3 is 15.6 Å². The first-order chi connectivity index (χ1) is 12.1. The van der Waals surface area contributed by atoms with Crippen molar-refractivity contribution in [2.24, 2.45) is 11.7 Å².